The first kappa shape index (κ1) is 11.0. The summed E-state index contributed by atoms with van der Waals surface area (Å²) >= 11 is 0. The number of hydrogen-bond acceptors (Lipinski definition) is 4. The molecule has 0 amide bonds. The molecule has 0 unspecified atom stereocenters. The van der Waals surface area contributed by atoms with E-state index < -0.39 is 15.5 Å². The van der Waals surface area contributed by atoms with Crippen LogP contribution >= 0.6 is 15.5 Å². The molecule has 4 N–H and O–H groups in total. The second kappa shape index (κ2) is 4.43. The molecule has 0 atom stereocenters. The molecular weight excluding hydrogens is 210 g/mol. The fraction of sp³-hybridized carbons (Fsp3) is 0.143. The summed E-state index contributed by atoms with van der Waals surface area (Å²) in [6, 6.07) is 8.73. The van der Waals surface area contributed by atoms with Crippen LogP contribution in [0.5, 0.6) is 0 Å². The summed E-state index contributed by atoms with van der Waals surface area (Å²) in [5.74, 6) is 0. The van der Waals surface area contributed by atoms with Gasteiger partial charge in [-0.2, -0.15) is 0 Å². The summed E-state index contributed by atoms with van der Waals surface area (Å²) in [7, 11) is -6.21. The molecule has 4 nitrogen and oxygen atoms in total. The highest BCUT2D eigenvalue weighted by Gasteiger charge is 2.44. The Morgan fingerprint density at radius 3 is 2.08 bits per heavy atom. The molecule has 6 heteroatoms. The Bertz CT molecular complexity index is 262. The minimum Gasteiger partial charge on any atom is -0.315 e. The third-order valence-corrected chi connectivity index (χ3v) is 5.03. The molecule has 0 aliphatic carbocycles. The number of benzene rings is 1. The standard InChI is InChI=1S/C7H11O4P2/c8-12(9)13(10,11)6-7-4-2-1-3-5-7/h1-5,8-11H,6H2/q+1. The van der Waals surface area contributed by atoms with Crippen LogP contribution in [0.15, 0.2) is 30.3 Å². The Balaban J connectivity index is 2.69. The van der Waals surface area contributed by atoms with Gasteiger partial charge >= 0.3 is 15.5 Å². The molecule has 1 aromatic carbocycles. The predicted molar refractivity (Wildman–Crippen MR) is 52.9 cm³/mol. The van der Waals surface area contributed by atoms with E-state index in [0.29, 0.717) is 5.56 Å². The zero-order valence-electron chi connectivity index (χ0n) is 6.78. The quantitative estimate of drug-likeness (QED) is 0.578. The highest BCUT2D eigenvalue weighted by atomic mass is 32.1. The van der Waals surface area contributed by atoms with E-state index >= 15 is 0 Å². The smallest absolute Gasteiger partial charge is 0.315 e. The lowest BCUT2D eigenvalue weighted by molar-refractivity contribution is 0.435. The van der Waals surface area contributed by atoms with Crippen LogP contribution in [-0.2, 0) is 6.16 Å². The minimum absolute atomic E-state index is 0.0768. The van der Waals surface area contributed by atoms with Gasteiger partial charge in [-0.3, -0.25) is 0 Å². The van der Waals surface area contributed by atoms with Gasteiger partial charge in [-0.25, -0.2) is 9.79 Å². The van der Waals surface area contributed by atoms with Crippen LogP contribution in [0.4, 0.5) is 0 Å². The van der Waals surface area contributed by atoms with E-state index in [9.17, 15) is 9.79 Å². The summed E-state index contributed by atoms with van der Waals surface area (Å²) in [6.45, 7) is 0. The van der Waals surface area contributed by atoms with Gasteiger partial charge in [0.15, 0.2) is 0 Å². The second-order valence-corrected chi connectivity index (χ2v) is 7.84. The van der Waals surface area contributed by atoms with Gasteiger partial charge in [-0.1, -0.05) is 30.3 Å². The molecule has 0 heterocycles. The monoisotopic (exact) mass is 221 g/mol. The van der Waals surface area contributed by atoms with Crippen molar-refractivity contribution in [1.82, 2.24) is 0 Å². The largest absolute Gasteiger partial charge is 0.406 e. The molecule has 0 aliphatic heterocycles. The number of hydrogen-bond donors (Lipinski definition) is 4. The van der Waals surface area contributed by atoms with Crippen molar-refractivity contribution >= 4 is 15.5 Å². The van der Waals surface area contributed by atoms with Crippen molar-refractivity contribution in [2.75, 3.05) is 0 Å². The molecule has 1 aromatic rings. The Morgan fingerprint density at radius 1 is 1.08 bits per heavy atom. The fourth-order valence-corrected chi connectivity index (χ4v) is 2.59. The van der Waals surface area contributed by atoms with Gasteiger partial charge in [-0.05, 0) is 5.56 Å². The molecule has 13 heavy (non-hydrogen) atoms. The van der Waals surface area contributed by atoms with E-state index in [-0.39, 0.29) is 6.16 Å². The predicted octanol–water partition coefficient (Wildman–Crippen LogP) is 1.23. The summed E-state index contributed by atoms with van der Waals surface area (Å²) in [6.07, 6.45) is -0.0768. The maximum absolute atomic E-state index is 9.24. The van der Waals surface area contributed by atoms with Gasteiger partial charge in [0.05, 0.1) is 0 Å². The van der Waals surface area contributed by atoms with Crippen LogP contribution < -0.4 is 0 Å². The van der Waals surface area contributed by atoms with E-state index in [1.54, 1.807) is 30.3 Å². The topological polar surface area (TPSA) is 80.9 Å². The molecule has 0 spiro atoms. The van der Waals surface area contributed by atoms with Crippen molar-refractivity contribution in [3.05, 3.63) is 35.9 Å². The Kier molecular flexibility index (Phi) is 3.74. The van der Waals surface area contributed by atoms with Crippen LogP contribution in [-0.4, -0.2) is 19.6 Å². The van der Waals surface area contributed by atoms with Gasteiger partial charge in [-0.15, -0.1) is 0 Å². The van der Waals surface area contributed by atoms with E-state index in [0.717, 1.165) is 0 Å². The van der Waals surface area contributed by atoms with Gasteiger partial charge < -0.3 is 9.79 Å². The van der Waals surface area contributed by atoms with Crippen molar-refractivity contribution in [1.29, 1.82) is 0 Å². The van der Waals surface area contributed by atoms with Gasteiger partial charge in [0.2, 0.25) is 0 Å². The zero-order chi connectivity index (χ0) is 9.90. The SMILES string of the molecule is OP(O)[P+](O)(O)Cc1ccccc1. The maximum Gasteiger partial charge on any atom is 0.406 e. The average Bonchev–Trinajstić information content (AvgIpc) is 2.05. The molecule has 0 saturated heterocycles. The van der Waals surface area contributed by atoms with Crippen molar-refractivity contribution in [3.63, 3.8) is 0 Å². The first-order valence-electron chi connectivity index (χ1n) is 3.58. The second-order valence-electron chi connectivity index (χ2n) is 2.60. The van der Waals surface area contributed by atoms with Crippen LogP contribution in [0.3, 0.4) is 0 Å². The molecule has 0 bridgehead atoms. The van der Waals surface area contributed by atoms with Crippen molar-refractivity contribution in [2.24, 2.45) is 0 Å². The minimum atomic E-state index is -3.56. The van der Waals surface area contributed by atoms with Gasteiger partial charge in [0.1, 0.15) is 6.16 Å². The van der Waals surface area contributed by atoms with Crippen molar-refractivity contribution in [2.45, 2.75) is 6.16 Å². The van der Waals surface area contributed by atoms with Gasteiger partial charge in [0, 0.05) is 0 Å². The highest BCUT2D eigenvalue weighted by molar-refractivity contribution is 8.28. The summed E-state index contributed by atoms with van der Waals surface area (Å²) in [4.78, 5) is 35.9. The Morgan fingerprint density at radius 2 is 1.62 bits per heavy atom. The lowest BCUT2D eigenvalue weighted by Gasteiger charge is -2.11. The first-order valence-corrected chi connectivity index (χ1v) is 7.41. The first-order chi connectivity index (χ1) is 6.02. The molecule has 0 aliphatic rings. The van der Waals surface area contributed by atoms with E-state index in [2.05, 4.69) is 0 Å². The van der Waals surface area contributed by atoms with Crippen molar-refractivity contribution in [3.8, 4) is 0 Å². The summed E-state index contributed by atoms with van der Waals surface area (Å²) in [5, 5.41) is 0. The van der Waals surface area contributed by atoms with E-state index in [4.69, 9.17) is 9.79 Å². The normalized spacial score (nSPS) is 12.1. The summed E-state index contributed by atoms with van der Waals surface area (Å²) in [5.41, 5.74) is 0.691. The number of rotatable bonds is 3. The van der Waals surface area contributed by atoms with Crippen LogP contribution in [0, 0.1) is 0 Å². The molecule has 0 aromatic heterocycles. The molecule has 0 radical (unpaired) electrons. The Hall–Kier alpha value is -0.0800. The molecule has 72 valence electrons. The Labute approximate surface area is 77.8 Å². The van der Waals surface area contributed by atoms with E-state index in [1.165, 1.54) is 0 Å². The summed E-state index contributed by atoms with van der Waals surface area (Å²) < 4.78 is 0. The van der Waals surface area contributed by atoms with Gasteiger partial charge in [0.25, 0.3) is 0 Å². The average molecular weight is 221 g/mol. The van der Waals surface area contributed by atoms with E-state index in [1.807, 2.05) is 0 Å². The lowest BCUT2D eigenvalue weighted by atomic mass is 10.2. The molecular formula is C7H11O4P2+. The maximum atomic E-state index is 9.24. The fourth-order valence-electron chi connectivity index (χ4n) is 0.892. The molecule has 0 fully saturated rings. The molecule has 1 rings (SSSR count). The molecule has 0 saturated carbocycles. The van der Waals surface area contributed by atoms with Crippen LogP contribution in [0.2, 0.25) is 0 Å². The third kappa shape index (κ3) is 3.28. The lowest BCUT2D eigenvalue weighted by Crippen LogP contribution is -1.93. The third-order valence-electron chi connectivity index (χ3n) is 1.52. The van der Waals surface area contributed by atoms with Crippen LogP contribution in [0.1, 0.15) is 5.56 Å². The highest BCUT2D eigenvalue weighted by Crippen LogP contribution is 2.76. The van der Waals surface area contributed by atoms with Crippen LogP contribution in [0.25, 0.3) is 0 Å². The van der Waals surface area contributed by atoms with Crippen molar-refractivity contribution < 1.29 is 19.6 Å². The zero-order valence-corrected chi connectivity index (χ0v) is 8.57.